The van der Waals surface area contributed by atoms with Gasteiger partial charge in [-0.2, -0.15) is 0 Å². The predicted molar refractivity (Wildman–Crippen MR) is 119 cm³/mol. The molecule has 0 radical (unpaired) electrons. The minimum Gasteiger partial charge on any atom is -0.479 e. The zero-order valence-electron chi connectivity index (χ0n) is 21.0. The number of hydrogen-bond donors (Lipinski definition) is 6. The third kappa shape index (κ3) is 6.13. The molecular weight excluding hydrogens is 468 g/mol. The Morgan fingerprint density at radius 3 is 1.69 bits per heavy atom. The van der Waals surface area contributed by atoms with Crippen LogP contribution in [0.15, 0.2) is 0 Å². The van der Waals surface area contributed by atoms with Gasteiger partial charge in [-0.15, -0.1) is 0 Å². The van der Waals surface area contributed by atoms with Gasteiger partial charge in [-0.05, 0) is 25.7 Å². The first-order valence-electron chi connectivity index (χ1n) is 12.0. The number of aliphatic hydroxyl groups excluding tert-OH is 4. The topological polar surface area (TPSA) is 192 Å². The number of hydrogen-bond acceptors (Lipinski definition) is 10. The second-order valence-corrected chi connectivity index (χ2v) is 10.2. The van der Waals surface area contributed by atoms with Gasteiger partial charge in [0.1, 0.15) is 24.4 Å². The lowest BCUT2D eigenvalue weighted by atomic mass is 9.66. The van der Waals surface area contributed by atoms with Crippen LogP contribution in [0.4, 0.5) is 0 Å². The van der Waals surface area contributed by atoms with Crippen molar-refractivity contribution in [2.75, 3.05) is 0 Å². The Balaban J connectivity index is 2.32. The zero-order chi connectivity index (χ0) is 26.9. The highest BCUT2D eigenvalue weighted by molar-refractivity contribution is 5.74. The van der Waals surface area contributed by atoms with Crippen LogP contribution < -0.4 is 0 Å². The summed E-state index contributed by atoms with van der Waals surface area (Å²) in [4.78, 5) is 23.9. The van der Waals surface area contributed by atoms with Crippen LogP contribution in [0.1, 0.15) is 60.8 Å². The summed E-state index contributed by atoms with van der Waals surface area (Å²) in [6.07, 6.45) is -14.0. The van der Waals surface area contributed by atoms with E-state index in [-0.39, 0.29) is 0 Å². The highest BCUT2D eigenvalue weighted by atomic mass is 16.7. The summed E-state index contributed by atoms with van der Waals surface area (Å²) >= 11 is 0. The minimum atomic E-state index is -1.85. The number of carboxylic acids is 2. The number of rotatable bonds is 10. The quantitative estimate of drug-likeness (QED) is 0.233. The van der Waals surface area contributed by atoms with E-state index in [2.05, 4.69) is 0 Å². The number of ether oxygens (including phenoxy) is 4. The van der Waals surface area contributed by atoms with E-state index in [9.17, 15) is 40.2 Å². The molecule has 2 heterocycles. The molecule has 12 nitrogen and oxygen atoms in total. The average Bonchev–Trinajstić information content (AvgIpc) is 2.80. The maximum atomic E-state index is 12.0. The van der Waals surface area contributed by atoms with Crippen molar-refractivity contribution in [1.29, 1.82) is 0 Å². The summed E-state index contributed by atoms with van der Waals surface area (Å²) in [5.41, 5.74) is -1.50. The van der Waals surface area contributed by atoms with Crippen molar-refractivity contribution in [1.82, 2.24) is 0 Å². The van der Waals surface area contributed by atoms with Crippen molar-refractivity contribution < 1.29 is 59.2 Å². The fourth-order valence-electron chi connectivity index (χ4n) is 4.52. The molecule has 0 aromatic heterocycles. The third-order valence-electron chi connectivity index (χ3n) is 7.63. The Morgan fingerprint density at radius 1 is 0.743 bits per heavy atom. The van der Waals surface area contributed by atoms with Crippen molar-refractivity contribution >= 4 is 11.9 Å². The summed E-state index contributed by atoms with van der Waals surface area (Å²) in [6, 6.07) is 0. The van der Waals surface area contributed by atoms with Gasteiger partial charge in [-0.3, -0.25) is 0 Å². The van der Waals surface area contributed by atoms with Gasteiger partial charge in [0.2, 0.25) is 0 Å². The van der Waals surface area contributed by atoms with Crippen LogP contribution in [-0.4, -0.2) is 103 Å². The second-order valence-electron chi connectivity index (χ2n) is 10.2. The van der Waals surface area contributed by atoms with Gasteiger partial charge in [0, 0.05) is 5.92 Å². The zero-order valence-corrected chi connectivity index (χ0v) is 21.0. The Bertz CT molecular complexity index is 738. The SMILES string of the molecule is CCC(C)(C)OC1OC(C(=O)O)C(OC2OC(C(=O)O)C(C(C)(CC)CC)C(O)C2O)C(O)C1O. The predicted octanol–water partition coefficient (Wildman–Crippen LogP) is 0.0819. The summed E-state index contributed by atoms with van der Waals surface area (Å²) < 4.78 is 22.1. The first-order valence-corrected chi connectivity index (χ1v) is 12.0. The van der Waals surface area contributed by atoms with Gasteiger partial charge in [0.05, 0.1) is 11.7 Å². The summed E-state index contributed by atoms with van der Waals surface area (Å²) in [5, 5.41) is 62.4. The molecule has 35 heavy (non-hydrogen) atoms. The fraction of sp³-hybridized carbons (Fsp3) is 0.913. The number of carboxylic acid groups (broad SMARTS) is 2. The Morgan fingerprint density at radius 2 is 1.23 bits per heavy atom. The van der Waals surface area contributed by atoms with E-state index < -0.39 is 84.2 Å². The molecule has 0 aromatic rings. The summed E-state index contributed by atoms with van der Waals surface area (Å²) in [5.74, 6) is -3.94. The van der Waals surface area contributed by atoms with Crippen LogP contribution in [0.3, 0.4) is 0 Å². The molecule has 2 rings (SSSR count). The molecule has 0 bridgehead atoms. The van der Waals surface area contributed by atoms with E-state index in [1.165, 1.54) is 0 Å². The lowest BCUT2D eigenvalue weighted by Crippen LogP contribution is -2.66. The fourth-order valence-corrected chi connectivity index (χ4v) is 4.52. The monoisotopic (exact) mass is 508 g/mol. The highest BCUT2D eigenvalue weighted by Gasteiger charge is 2.57. The van der Waals surface area contributed by atoms with Gasteiger partial charge in [0.25, 0.3) is 0 Å². The van der Waals surface area contributed by atoms with Gasteiger partial charge in [-0.25, -0.2) is 9.59 Å². The average molecular weight is 509 g/mol. The van der Waals surface area contributed by atoms with Crippen molar-refractivity contribution in [3.63, 3.8) is 0 Å². The van der Waals surface area contributed by atoms with Crippen LogP contribution in [0.2, 0.25) is 0 Å². The lowest BCUT2D eigenvalue weighted by molar-refractivity contribution is -0.359. The molecule has 10 atom stereocenters. The Hall–Kier alpha value is -1.38. The highest BCUT2D eigenvalue weighted by Crippen LogP contribution is 2.44. The van der Waals surface area contributed by atoms with Gasteiger partial charge in [-0.1, -0.05) is 40.5 Å². The van der Waals surface area contributed by atoms with E-state index in [1.807, 2.05) is 20.8 Å². The number of aliphatic hydroxyl groups is 4. The van der Waals surface area contributed by atoms with E-state index in [0.29, 0.717) is 19.3 Å². The van der Waals surface area contributed by atoms with Crippen LogP contribution in [0.5, 0.6) is 0 Å². The molecule has 204 valence electrons. The molecule has 2 fully saturated rings. The first kappa shape index (κ1) is 29.8. The lowest BCUT2D eigenvalue weighted by Gasteiger charge is -2.50. The molecule has 0 saturated carbocycles. The number of aliphatic carboxylic acids is 2. The largest absolute Gasteiger partial charge is 0.479 e. The number of carbonyl (C=O) groups is 2. The van der Waals surface area contributed by atoms with E-state index in [4.69, 9.17) is 18.9 Å². The Labute approximate surface area is 204 Å². The van der Waals surface area contributed by atoms with Gasteiger partial charge in [0.15, 0.2) is 24.8 Å². The van der Waals surface area contributed by atoms with Gasteiger partial charge >= 0.3 is 11.9 Å². The summed E-state index contributed by atoms with van der Waals surface area (Å²) in [6.45, 7) is 10.7. The van der Waals surface area contributed by atoms with Crippen molar-refractivity contribution in [3.8, 4) is 0 Å². The van der Waals surface area contributed by atoms with Crippen molar-refractivity contribution in [3.05, 3.63) is 0 Å². The summed E-state index contributed by atoms with van der Waals surface area (Å²) in [7, 11) is 0. The Kier molecular flexibility index (Phi) is 9.67. The van der Waals surface area contributed by atoms with E-state index in [0.717, 1.165) is 0 Å². The van der Waals surface area contributed by atoms with Crippen LogP contribution in [0.25, 0.3) is 0 Å². The first-order chi connectivity index (χ1) is 16.1. The second kappa shape index (κ2) is 11.3. The minimum absolute atomic E-state index is 0.495. The smallest absolute Gasteiger partial charge is 0.335 e. The van der Waals surface area contributed by atoms with Crippen LogP contribution >= 0.6 is 0 Å². The van der Waals surface area contributed by atoms with Crippen LogP contribution in [0, 0.1) is 11.3 Å². The maximum absolute atomic E-state index is 12.0. The molecular formula is C23H40O12. The molecule has 2 saturated heterocycles. The maximum Gasteiger partial charge on any atom is 0.335 e. The molecule has 2 aliphatic rings. The van der Waals surface area contributed by atoms with Gasteiger partial charge < -0.3 is 49.6 Å². The molecule has 0 amide bonds. The third-order valence-corrected chi connectivity index (χ3v) is 7.63. The van der Waals surface area contributed by atoms with Crippen molar-refractivity contribution in [2.45, 2.75) is 122 Å². The molecule has 0 aromatic carbocycles. The van der Waals surface area contributed by atoms with Crippen molar-refractivity contribution in [2.24, 2.45) is 11.3 Å². The molecule has 10 unspecified atom stereocenters. The molecule has 0 spiro atoms. The standard InChI is InChI=1S/C23H40O12/c1-7-22(4,5)35-21-14(27)12(25)16(17(34-21)19(30)31)33-20-13(26)11(24)10(15(32-20)18(28)29)23(6,8-2)9-3/h10-17,20-21,24-27H,7-9H2,1-6H3,(H,28,29)(H,30,31). The molecule has 6 N–H and O–H groups in total. The van der Waals surface area contributed by atoms with E-state index >= 15 is 0 Å². The molecule has 0 aliphatic carbocycles. The molecule has 12 heteroatoms. The molecule has 2 aliphatic heterocycles. The van der Waals surface area contributed by atoms with Crippen LogP contribution in [-0.2, 0) is 28.5 Å². The normalized spacial score (nSPS) is 38.8. The van der Waals surface area contributed by atoms with E-state index in [1.54, 1.807) is 20.8 Å².